The van der Waals surface area contributed by atoms with E-state index < -0.39 is 0 Å². The van der Waals surface area contributed by atoms with E-state index in [4.69, 9.17) is 0 Å². The first-order valence-electron chi connectivity index (χ1n) is 6.44. The van der Waals surface area contributed by atoms with Crippen LogP contribution in [0.4, 0.5) is 0 Å². The first kappa shape index (κ1) is 12.8. The smallest absolute Gasteiger partial charge is 0.0300 e. The summed E-state index contributed by atoms with van der Waals surface area (Å²) >= 11 is 0. The van der Waals surface area contributed by atoms with Gasteiger partial charge in [-0.2, -0.15) is 0 Å². The molecular weight excluding hydrogens is 220 g/mol. The van der Waals surface area contributed by atoms with Crippen LogP contribution in [0.15, 0.2) is 48.8 Å². The molecule has 0 amide bonds. The van der Waals surface area contributed by atoms with Gasteiger partial charge in [0.05, 0.1) is 0 Å². The molecule has 2 heteroatoms. The van der Waals surface area contributed by atoms with Gasteiger partial charge >= 0.3 is 0 Å². The lowest BCUT2D eigenvalue weighted by Crippen LogP contribution is -2.21. The van der Waals surface area contributed by atoms with E-state index in [1.54, 1.807) is 0 Å². The minimum Gasteiger partial charge on any atom is -0.310 e. The molecule has 0 bridgehead atoms. The molecule has 1 atom stereocenters. The molecule has 0 unspecified atom stereocenters. The normalized spacial score (nSPS) is 12.3. The molecule has 0 radical (unpaired) electrons. The van der Waals surface area contributed by atoms with Crippen molar-refractivity contribution in [1.29, 1.82) is 0 Å². The van der Waals surface area contributed by atoms with Gasteiger partial charge in [0.1, 0.15) is 0 Å². The van der Waals surface area contributed by atoms with Crippen LogP contribution in [0.5, 0.6) is 0 Å². The quantitative estimate of drug-likeness (QED) is 0.867. The van der Waals surface area contributed by atoms with E-state index in [9.17, 15) is 0 Å². The fraction of sp³-hybridized carbons (Fsp3) is 0.312. The van der Waals surface area contributed by atoms with Crippen LogP contribution in [0.3, 0.4) is 0 Å². The number of rotatable bonds is 5. The number of aryl methyl sites for hydroxylation is 1. The van der Waals surface area contributed by atoms with Crippen molar-refractivity contribution in [1.82, 2.24) is 10.3 Å². The maximum atomic E-state index is 4.12. The number of hydrogen-bond acceptors (Lipinski definition) is 2. The molecule has 2 nitrogen and oxygen atoms in total. The zero-order chi connectivity index (χ0) is 12.8. The van der Waals surface area contributed by atoms with E-state index in [1.165, 1.54) is 16.7 Å². The third-order valence-electron chi connectivity index (χ3n) is 3.13. The molecular formula is C16H20N2. The fourth-order valence-corrected chi connectivity index (χ4v) is 2.04. The van der Waals surface area contributed by atoms with Crippen molar-refractivity contribution >= 4 is 0 Å². The maximum absolute atomic E-state index is 4.12. The van der Waals surface area contributed by atoms with Crippen LogP contribution >= 0.6 is 0 Å². The minimum atomic E-state index is 0.390. The Kier molecular flexibility index (Phi) is 4.48. The second-order valence-corrected chi connectivity index (χ2v) is 4.70. The third-order valence-corrected chi connectivity index (χ3v) is 3.13. The third kappa shape index (κ3) is 3.67. The molecule has 0 saturated carbocycles. The summed E-state index contributed by atoms with van der Waals surface area (Å²) in [6, 6.07) is 13.2. The van der Waals surface area contributed by atoms with Gasteiger partial charge in [-0.25, -0.2) is 0 Å². The van der Waals surface area contributed by atoms with E-state index >= 15 is 0 Å². The van der Waals surface area contributed by atoms with Gasteiger partial charge in [-0.1, -0.05) is 35.9 Å². The molecule has 0 aliphatic carbocycles. The van der Waals surface area contributed by atoms with Gasteiger partial charge in [0.2, 0.25) is 0 Å². The van der Waals surface area contributed by atoms with Crippen LogP contribution in [0.25, 0.3) is 0 Å². The van der Waals surface area contributed by atoms with Crippen molar-refractivity contribution in [2.45, 2.75) is 26.3 Å². The molecule has 0 aliphatic rings. The number of nitrogens with one attached hydrogen (secondary N) is 1. The molecule has 1 heterocycles. The average molecular weight is 240 g/mol. The van der Waals surface area contributed by atoms with Crippen molar-refractivity contribution in [3.63, 3.8) is 0 Å². The number of pyridine rings is 1. The van der Waals surface area contributed by atoms with Gasteiger partial charge in [-0.3, -0.25) is 4.98 Å². The van der Waals surface area contributed by atoms with Gasteiger partial charge < -0.3 is 5.32 Å². The van der Waals surface area contributed by atoms with Gasteiger partial charge in [-0.05, 0) is 44.0 Å². The predicted molar refractivity (Wildman–Crippen MR) is 75.5 cm³/mol. The standard InChI is InChI=1S/C16H20N2/c1-13-5-3-7-16(11-13)14(2)18-10-8-15-6-4-9-17-12-15/h3-7,9,11-12,14,18H,8,10H2,1-2H3/t14-/m0/s1. The van der Waals surface area contributed by atoms with Crippen molar-refractivity contribution in [3.8, 4) is 0 Å². The summed E-state index contributed by atoms with van der Waals surface area (Å²) in [5, 5.41) is 3.55. The van der Waals surface area contributed by atoms with E-state index in [-0.39, 0.29) is 0 Å². The van der Waals surface area contributed by atoms with Crippen molar-refractivity contribution in [2.24, 2.45) is 0 Å². The molecule has 1 N–H and O–H groups in total. The molecule has 18 heavy (non-hydrogen) atoms. The molecule has 0 saturated heterocycles. The first-order chi connectivity index (χ1) is 8.75. The Bertz CT molecular complexity index is 479. The van der Waals surface area contributed by atoms with E-state index in [0.717, 1.165) is 13.0 Å². The number of benzene rings is 1. The summed E-state index contributed by atoms with van der Waals surface area (Å²) < 4.78 is 0. The molecule has 0 spiro atoms. The van der Waals surface area contributed by atoms with E-state index in [2.05, 4.69) is 54.5 Å². The lowest BCUT2D eigenvalue weighted by atomic mass is 10.1. The van der Waals surface area contributed by atoms with Crippen LogP contribution in [0, 0.1) is 6.92 Å². The Morgan fingerprint density at radius 1 is 1.22 bits per heavy atom. The molecule has 1 aromatic carbocycles. The molecule has 94 valence electrons. The summed E-state index contributed by atoms with van der Waals surface area (Å²) in [5.41, 5.74) is 3.94. The topological polar surface area (TPSA) is 24.9 Å². The Morgan fingerprint density at radius 2 is 2.11 bits per heavy atom. The zero-order valence-electron chi connectivity index (χ0n) is 11.1. The maximum Gasteiger partial charge on any atom is 0.0300 e. The summed E-state index contributed by atoms with van der Waals surface area (Å²) in [7, 11) is 0. The molecule has 0 fully saturated rings. The van der Waals surface area contributed by atoms with Crippen molar-refractivity contribution < 1.29 is 0 Å². The highest BCUT2D eigenvalue weighted by molar-refractivity contribution is 5.24. The van der Waals surface area contributed by atoms with E-state index in [0.29, 0.717) is 6.04 Å². The number of nitrogens with zero attached hydrogens (tertiary/aromatic N) is 1. The lowest BCUT2D eigenvalue weighted by molar-refractivity contribution is 0.576. The second kappa shape index (κ2) is 6.31. The van der Waals surface area contributed by atoms with Crippen LogP contribution in [0.2, 0.25) is 0 Å². The predicted octanol–water partition coefficient (Wildman–Crippen LogP) is 3.28. The van der Waals surface area contributed by atoms with Crippen LogP contribution in [-0.4, -0.2) is 11.5 Å². The minimum absolute atomic E-state index is 0.390. The first-order valence-corrected chi connectivity index (χ1v) is 6.44. The largest absolute Gasteiger partial charge is 0.310 e. The summed E-state index contributed by atoms with van der Waals surface area (Å²) in [6.45, 7) is 5.31. The van der Waals surface area contributed by atoms with Crippen molar-refractivity contribution in [2.75, 3.05) is 6.54 Å². The number of aromatic nitrogens is 1. The average Bonchev–Trinajstić information content (AvgIpc) is 2.40. The summed E-state index contributed by atoms with van der Waals surface area (Å²) in [5.74, 6) is 0. The SMILES string of the molecule is Cc1cccc([C@H](C)NCCc2cccnc2)c1. The van der Waals surface area contributed by atoms with Crippen LogP contribution in [-0.2, 0) is 6.42 Å². The summed E-state index contributed by atoms with van der Waals surface area (Å²) in [6.07, 6.45) is 4.76. The molecule has 2 rings (SSSR count). The molecule has 2 aromatic rings. The fourth-order valence-electron chi connectivity index (χ4n) is 2.04. The van der Waals surface area contributed by atoms with Crippen LogP contribution in [0.1, 0.15) is 29.7 Å². The highest BCUT2D eigenvalue weighted by Crippen LogP contribution is 2.13. The zero-order valence-corrected chi connectivity index (χ0v) is 11.1. The Balaban J connectivity index is 1.83. The van der Waals surface area contributed by atoms with Gasteiger partial charge in [-0.15, -0.1) is 0 Å². The highest BCUT2D eigenvalue weighted by atomic mass is 14.9. The second-order valence-electron chi connectivity index (χ2n) is 4.70. The highest BCUT2D eigenvalue weighted by Gasteiger charge is 2.04. The lowest BCUT2D eigenvalue weighted by Gasteiger charge is -2.14. The Labute approximate surface area is 109 Å². The Morgan fingerprint density at radius 3 is 2.83 bits per heavy atom. The van der Waals surface area contributed by atoms with Gasteiger partial charge in [0.15, 0.2) is 0 Å². The van der Waals surface area contributed by atoms with E-state index in [1.807, 2.05) is 18.5 Å². The summed E-state index contributed by atoms with van der Waals surface area (Å²) in [4.78, 5) is 4.12. The Hall–Kier alpha value is -1.67. The van der Waals surface area contributed by atoms with Gasteiger partial charge in [0, 0.05) is 18.4 Å². The van der Waals surface area contributed by atoms with Crippen LogP contribution < -0.4 is 5.32 Å². The molecule has 1 aromatic heterocycles. The van der Waals surface area contributed by atoms with Crippen molar-refractivity contribution in [3.05, 3.63) is 65.5 Å². The molecule has 0 aliphatic heterocycles. The van der Waals surface area contributed by atoms with Gasteiger partial charge in [0.25, 0.3) is 0 Å². The monoisotopic (exact) mass is 240 g/mol. The number of hydrogen-bond donors (Lipinski definition) is 1.